The highest BCUT2D eigenvalue weighted by atomic mass is 32.7. The number of nitrogens with one attached hydrogen (secondary N) is 2. The van der Waals surface area contributed by atoms with Crippen LogP contribution in [0.25, 0.3) is 22.3 Å². The van der Waals surface area contributed by atoms with Gasteiger partial charge in [0, 0.05) is 13.1 Å². The van der Waals surface area contributed by atoms with E-state index in [2.05, 4.69) is 52.8 Å². The number of thiol groups is 1. The van der Waals surface area contributed by atoms with Crippen molar-refractivity contribution >= 4 is 68.0 Å². The van der Waals surface area contributed by atoms with Crippen LogP contribution in [0.5, 0.6) is 0 Å². The number of hydrogen-bond acceptors (Lipinski definition) is 18. The van der Waals surface area contributed by atoms with Gasteiger partial charge >= 0.3 is 6.80 Å². The van der Waals surface area contributed by atoms with E-state index in [9.17, 15) is 19.3 Å². The van der Waals surface area contributed by atoms with Gasteiger partial charge in [-0.15, -0.1) is 0 Å². The van der Waals surface area contributed by atoms with Crippen molar-refractivity contribution in [2.45, 2.75) is 62.2 Å². The number of nitrogens with zero attached hydrogens (tertiary/aromatic N) is 8. The number of benzene rings is 2. The van der Waals surface area contributed by atoms with E-state index in [1.807, 2.05) is 60.7 Å². The molecule has 6 aromatic rings. The molecule has 2 bridgehead atoms. The quantitative estimate of drug-likeness (QED) is 0.0840. The third kappa shape index (κ3) is 7.90. The van der Waals surface area contributed by atoms with Crippen LogP contribution in [0.2, 0.25) is 0 Å². The van der Waals surface area contributed by atoms with Gasteiger partial charge < -0.3 is 39.4 Å². The van der Waals surface area contributed by atoms with Crippen LogP contribution >= 0.6 is 26.5 Å². The number of fused-ring (bicyclic) bond motifs is 5. The normalized spacial score (nSPS) is 31.6. The molecule has 9 rings (SSSR count). The molecule has 0 amide bonds. The highest BCUT2D eigenvalue weighted by Gasteiger charge is 2.53. The number of imidazole rings is 2. The Bertz CT molecular complexity index is 2510. The molecule has 24 heteroatoms. The zero-order valence-corrected chi connectivity index (χ0v) is 33.3. The first kappa shape index (κ1) is 39.2. The Kier molecular flexibility index (Phi) is 10.8. The topological polar surface area (TPSA) is 241 Å². The summed E-state index contributed by atoms with van der Waals surface area (Å²) in [5, 5.41) is 29.6. The maximum absolute atomic E-state index is 13.9. The molecule has 3 saturated heterocycles. The largest absolute Gasteiger partial charge is 0.387 e. The van der Waals surface area contributed by atoms with Crippen molar-refractivity contribution in [1.29, 1.82) is 0 Å². The summed E-state index contributed by atoms with van der Waals surface area (Å²) < 4.78 is 66.6. The summed E-state index contributed by atoms with van der Waals surface area (Å²) in [5.74, 6) is 0.899. The van der Waals surface area contributed by atoms with Crippen molar-refractivity contribution in [2.75, 3.05) is 23.8 Å². The lowest BCUT2D eigenvalue weighted by Gasteiger charge is -2.27. The molecule has 4 aromatic heterocycles. The second kappa shape index (κ2) is 16.0. The van der Waals surface area contributed by atoms with E-state index in [4.69, 9.17) is 27.6 Å². The number of hydrogen-bond donors (Lipinski definition) is 5. The van der Waals surface area contributed by atoms with Gasteiger partial charge in [0.25, 0.3) is 15.0 Å². The van der Waals surface area contributed by atoms with Gasteiger partial charge in [-0.25, -0.2) is 34.5 Å². The second-order valence-electron chi connectivity index (χ2n) is 13.9. The smallest absolute Gasteiger partial charge is 0.386 e. The molecular weight excluding hydrogens is 813 g/mol. The van der Waals surface area contributed by atoms with Crippen LogP contribution in [0.3, 0.4) is 0 Å². The Hall–Kier alpha value is -4.31. The van der Waals surface area contributed by atoms with Gasteiger partial charge in [0.2, 0.25) is 0 Å². The summed E-state index contributed by atoms with van der Waals surface area (Å²) in [6.07, 6.45) is -4.82. The lowest BCUT2D eigenvalue weighted by atomic mass is 10.1. The Morgan fingerprint density at radius 3 is 1.81 bits per heavy atom. The molecule has 3 aliphatic heterocycles. The predicted molar refractivity (Wildman–Crippen MR) is 212 cm³/mol. The number of aliphatic hydroxyl groups excluding tert-OH is 2. The molecule has 58 heavy (non-hydrogen) atoms. The first-order valence-electron chi connectivity index (χ1n) is 18.2. The monoisotopic (exact) mass is 850 g/mol. The molecule has 3 fully saturated rings. The number of ether oxygens (including phenoxy) is 2. The zero-order chi connectivity index (χ0) is 40.0. The van der Waals surface area contributed by atoms with E-state index in [0.717, 1.165) is 11.1 Å². The standard InChI is InChI=1S/C34H37BN10O10P2S/c35-56(48)50-13-21-25(46)28(34(52-21)45-18-43-24-30(39-16-41-32(24)45)37-12-20-9-5-2-6-10-20)55-57(49,58)51-14-22-27(54-56)26(47)33(53-22)44-17-42-23-29(38-15-40-31(23)44)36-11-19-7-3-1-4-8-19/h1-10,15-18,21-22,25-28,33-34,46-47H,11-14,35H2,(H,49,58)(H,36,38,40)(H,37,39,41)/t21-,22-,25-,26-,27-,28-,33-,34-,56?,57?/m1/s1. The molecule has 7 heterocycles. The summed E-state index contributed by atoms with van der Waals surface area (Å²) in [5.41, 5.74) is 3.50. The minimum atomic E-state index is -4.35. The Labute approximate surface area is 336 Å². The number of aliphatic hydroxyl groups is 2. The summed E-state index contributed by atoms with van der Waals surface area (Å²) in [6, 6.07) is 19.5. The van der Waals surface area contributed by atoms with E-state index in [1.54, 1.807) is 0 Å². The molecule has 302 valence electrons. The van der Waals surface area contributed by atoms with E-state index in [-0.39, 0.29) is 0 Å². The maximum Gasteiger partial charge on any atom is 0.386 e. The second-order valence-corrected chi connectivity index (χ2v) is 18.7. The fourth-order valence-corrected chi connectivity index (χ4v) is 9.76. The predicted octanol–water partition coefficient (Wildman–Crippen LogP) is 3.00. The first-order chi connectivity index (χ1) is 28.0. The van der Waals surface area contributed by atoms with E-state index in [1.165, 1.54) is 42.0 Å². The lowest BCUT2D eigenvalue weighted by molar-refractivity contribution is -0.0576. The Balaban J connectivity index is 0.958. The summed E-state index contributed by atoms with van der Waals surface area (Å²) >= 11 is 4.24. The van der Waals surface area contributed by atoms with Gasteiger partial charge in [-0.05, 0) is 11.1 Å². The number of rotatable bonds is 8. The molecule has 0 aliphatic carbocycles. The van der Waals surface area contributed by atoms with Crippen molar-refractivity contribution in [3.63, 3.8) is 0 Å². The van der Waals surface area contributed by atoms with E-state index < -0.39 is 76.6 Å². The summed E-state index contributed by atoms with van der Waals surface area (Å²) in [4.78, 5) is 26.5. The van der Waals surface area contributed by atoms with Crippen molar-refractivity contribution in [3.8, 4) is 0 Å². The van der Waals surface area contributed by atoms with Crippen LogP contribution in [0, 0.1) is 0 Å². The zero-order valence-electron chi connectivity index (χ0n) is 30.6. The molecule has 4 N–H and O–H groups in total. The van der Waals surface area contributed by atoms with Crippen LogP contribution in [0.15, 0.2) is 86.0 Å². The van der Waals surface area contributed by atoms with Crippen molar-refractivity contribution in [3.05, 3.63) is 97.1 Å². The highest BCUT2D eigenvalue weighted by molar-refractivity contribution is 8.44. The molecule has 3 aliphatic rings. The van der Waals surface area contributed by atoms with Gasteiger partial charge in [0.05, 0.1) is 25.9 Å². The van der Waals surface area contributed by atoms with Crippen LogP contribution in [0.1, 0.15) is 23.6 Å². The van der Waals surface area contributed by atoms with Crippen LogP contribution < -0.4 is 10.6 Å². The number of anilines is 2. The fraction of sp³-hybridized carbons (Fsp3) is 0.353. The maximum atomic E-state index is 13.9. The van der Waals surface area contributed by atoms with Gasteiger partial charge in [-0.3, -0.25) is 22.7 Å². The number of aromatic nitrogens is 8. The minimum Gasteiger partial charge on any atom is -0.387 e. The average Bonchev–Trinajstić information content (AvgIpc) is 3.99. The molecular formula is C34H37BN10O10P2S. The first-order valence-corrected chi connectivity index (χ1v) is 22.9. The van der Waals surface area contributed by atoms with Crippen molar-refractivity contribution in [2.24, 2.45) is 0 Å². The SMILES string of the molecule is BP1(=O)OC[C@H]2O[C@@H](n3cnc4c(NCc5ccccc5)ncnc43)[C@H](OP(=O)(S)OC[C@H]3O[C@@H](n4cnc5c(NCc6ccccc6)ncnc54)[C@H](O)[C@@H]3O1)[C@@H]2O. The van der Waals surface area contributed by atoms with Crippen LogP contribution in [0.4, 0.5) is 11.6 Å². The lowest BCUT2D eigenvalue weighted by Crippen LogP contribution is -2.36. The molecule has 0 radical (unpaired) electrons. The summed E-state index contributed by atoms with van der Waals surface area (Å²) in [6.45, 7) is -4.37. The Morgan fingerprint density at radius 2 is 1.22 bits per heavy atom. The molecule has 2 aromatic carbocycles. The average molecular weight is 851 g/mol. The van der Waals surface area contributed by atoms with Crippen molar-refractivity contribution < 1.29 is 46.9 Å². The van der Waals surface area contributed by atoms with Gasteiger partial charge in [0.1, 0.15) is 49.3 Å². The molecule has 2 unspecified atom stereocenters. The molecule has 0 saturated carbocycles. The van der Waals surface area contributed by atoms with Crippen LogP contribution in [-0.2, 0) is 49.8 Å². The highest BCUT2D eigenvalue weighted by Crippen LogP contribution is 2.58. The van der Waals surface area contributed by atoms with E-state index in [0.29, 0.717) is 47.1 Å². The van der Waals surface area contributed by atoms with Crippen LogP contribution in [-0.4, -0.2) is 107 Å². The molecule has 0 spiro atoms. The minimum absolute atomic E-state index is 0.317. The summed E-state index contributed by atoms with van der Waals surface area (Å²) in [7, 11) is -2.81. The van der Waals surface area contributed by atoms with Gasteiger partial charge in [-0.2, -0.15) is 0 Å². The van der Waals surface area contributed by atoms with Gasteiger partial charge in [0.15, 0.2) is 46.4 Å². The Morgan fingerprint density at radius 1 is 0.690 bits per heavy atom. The fourth-order valence-electron chi connectivity index (χ4n) is 7.12. The van der Waals surface area contributed by atoms with Crippen molar-refractivity contribution in [1.82, 2.24) is 39.0 Å². The van der Waals surface area contributed by atoms with Gasteiger partial charge in [-0.1, -0.05) is 72.9 Å². The molecule has 10 atom stereocenters. The molecule has 20 nitrogen and oxygen atoms in total. The van der Waals surface area contributed by atoms with E-state index >= 15 is 0 Å². The third-order valence-corrected chi connectivity index (χ3v) is 12.8. The third-order valence-electron chi connectivity index (χ3n) is 9.94.